The fraction of sp³-hybridized carbons (Fsp3) is 0. The van der Waals surface area contributed by atoms with Crippen LogP contribution in [0.2, 0.25) is 0 Å². The molecule has 0 spiro atoms. The molecular formula is C24H17IO6S4. The first-order chi connectivity index (χ1) is 16.7. The zero-order valence-electron chi connectivity index (χ0n) is 17.7. The van der Waals surface area contributed by atoms with Gasteiger partial charge in [-0.15, -0.1) is 0 Å². The molecule has 0 bridgehead atoms. The van der Waals surface area contributed by atoms with Crippen molar-refractivity contribution in [3.63, 3.8) is 0 Å². The summed E-state index contributed by atoms with van der Waals surface area (Å²) in [4.78, 5) is 1.66. The van der Waals surface area contributed by atoms with E-state index in [1.54, 1.807) is 24.3 Å². The van der Waals surface area contributed by atoms with Gasteiger partial charge in [0.2, 0.25) is 0 Å². The maximum atomic E-state index is 13.7. The Morgan fingerprint density at radius 1 is 0.600 bits per heavy atom. The molecule has 11 heteroatoms. The molecule has 0 saturated carbocycles. The van der Waals surface area contributed by atoms with Crippen LogP contribution in [0.3, 0.4) is 0 Å². The van der Waals surface area contributed by atoms with Crippen molar-refractivity contribution in [2.45, 2.75) is 29.4 Å². The van der Waals surface area contributed by atoms with Crippen LogP contribution in [0.4, 0.5) is 0 Å². The minimum absolute atomic E-state index is 0.0301. The second-order valence-electron chi connectivity index (χ2n) is 7.20. The van der Waals surface area contributed by atoms with E-state index >= 15 is 0 Å². The zero-order valence-corrected chi connectivity index (χ0v) is 23.2. The summed E-state index contributed by atoms with van der Waals surface area (Å²) in [6, 6.07) is 28.1. The first-order valence-electron chi connectivity index (χ1n) is 10.1. The molecule has 4 aromatic carbocycles. The minimum atomic E-state index is -4.49. The Kier molecular flexibility index (Phi) is 7.00. The van der Waals surface area contributed by atoms with Gasteiger partial charge in [0.25, 0.3) is 0 Å². The average Bonchev–Trinajstić information content (AvgIpc) is 2.85. The van der Waals surface area contributed by atoms with Crippen LogP contribution < -0.4 is 0 Å². The van der Waals surface area contributed by atoms with E-state index in [9.17, 15) is 21.4 Å². The molecule has 1 aliphatic heterocycles. The molecule has 0 atom stereocenters. The fourth-order valence-electron chi connectivity index (χ4n) is 3.35. The molecule has 180 valence electrons. The molecule has 5 rings (SSSR count). The predicted molar refractivity (Wildman–Crippen MR) is 144 cm³/mol. The molecule has 1 N–H and O–H groups in total. The number of hydrogen-bond acceptors (Lipinski definition) is 7. The van der Waals surface area contributed by atoms with E-state index in [2.05, 4.69) is 0 Å². The molecule has 35 heavy (non-hydrogen) atoms. The Hall–Kier alpha value is -1.87. The van der Waals surface area contributed by atoms with Crippen LogP contribution in [-0.2, 0) is 22.7 Å². The molecule has 1 heterocycles. The second kappa shape index (κ2) is 9.88. The first-order valence-corrected chi connectivity index (χ1v) is 17.6. The monoisotopic (exact) mass is 656 g/mol. The fourth-order valence-corrected chi connectivity index (χ4v) is 14.3. The van der Waals surface area contributed by atoms with Crippen molar-refractivity contribution < 1.29 is 23.9 Å². The predicted octanol–water partition coefficient (Wildman–Crippen LogP) is 6.42. The van der Waals surface area contributed by atoms with Gasteiger partial charge in [0.1, 0.15) is 0 Å². The quantitative estimate of drug-likeness (QED) is 0.165. The van der Waals surface area contributed by atoms with Gasteiger partial charge in [-0.1, -0.05) is 0 Å². The molecule has 0 aliphatic carbocycles. The summed E-state index contributed by atoms with van der Waals surface area (Å²) >= 11 is -0.595. The van der Waals surface area contributed by atoms with E-state index in [-0.39, 0.29) is 14.7 Å². The van der Waals surface area contributed by atoms with E-state index < -0.39 is 40.5 Å². The van der Waals surface area contributed by atoms with Crippen molar-refractivity contribution in [1.82, 2.24) is 0 Å². The molecule has 4 aromatic rings. The van der Waals surface area contributed by atoms with Crippen LogP contribution in [0.1, 0.15) is 0 Å². The molecule has 0 fully saturated rings. The van der Waals surface area contributed by atoms with Gasteiger partial charge < -0.3 is 0 Å². The van der Waals surface area contributed by atoms with Crippen LogP contribution in [0.15, 0.2) is 126 Å². The Morgan fingerprint density at radius 2 is 1.09 bits per heavy atom. The van der Waals surface area contributed by atoms with Gasteiger partial charge in [0.05, 0.1) is 0 Å². The van der Waals surface area contributed by atoms with E-state index in [0.29, 0.717) is 14.7 Å². The second-order valence-corrected chi connectivity index (χ2v) is 17.2. The summed E-state index contributed by atoms with van der Waals surface area (Å²) < 4.78 is 68.6. The molecule has 0 amide bonds. The third-order valence-corrected chi connectivity index (χ3v) is 16.1. The molecule has 0 radical (unpaired) electrons. The molecule has 0 aromatic heterocycles. The van der Waals surface area contributed by atoms with Crippen molar-refractivity contribution >= 4 is 64.0 Å². The van der Waals surface area contributed by atoms with Crippen LogP contribution in [-0.4, -0.2) is 21.4 Å². The standard InChI is InChI=1S/C24H17IO6S4/c26-34(27,28)21-15-7-13-19-23(21)33-24-20(32-19)14-8-16-22(24)35(29,30)31-25(17-9-3-1-4-10-17)18-11-5-2-6-12-18/h1-16H,(H,26,27,28). The summed E-state index contributed by atoms with van der Waals surface area (Å²) in [6.07, 6.45) is 0. The Morgan fingerprint density at radius 3 is 1.60 bits per heavy atom. The van der Waals surface area contributed by atoms with Gasteiger partial charge in [-0.25, -0.2) is 0 Å². The van der Waals surface area contributed by atoms with Crippen LogP contribution in [0.25, 0.3) is 0 Å². The zero-order chi connectivity index (χ0) is 24.6. The summed E-state index contributed by atoms with van der Waals surface area (Å²) in [6.45, 7) is 0. The number of hydrogen-bond donors (Lipinski definition) is 1. The van der Waals surface area contributed by atoms with E-state index in [0.717, 1.165) is 18.9 Å². The van der Waals surface area contributed by atoms with E-state index in [1.165, 1.54) is 23.9 Å². The van der Waals surface area contributed by atoms with Gasteiger partial charge in [-0.3, -0.25) is 0 Å². The van der Waals surface area contributed by atoms with Crippen molar-refractivity contribution in [2.24, 2.45) is 0 Å². The summed E-state index contributed by atoms with van der Waals surface area (Å²) in [5.41, 5.74) is 0. The van der Waals surface area contributed by atoms with Crippen LogP contribution in [0, 0.1) is 7.14 Å². The summed E-state index contributed by atoms with van der Waals surface area (Å²) in [7, 11) is -8.72. The Bertz CT molecular complexity index is 1570. The van der Waals surface area contributed by atoms with Crippen LogP contribution in [0.5, 0.6) is 0 Å². The van der Waals surface area contributed by atoms with Gasteiger partial charge in [-0.05, 0) is 0 Å². The van der Waals surface area contributed by atoms with E-state index in [4.69, 9.17) is 2.51 Å². The number of benzene rings is 4. The average molecular weight is 657 g/mol. The van der Waals surface area contributed by atoms with Gasteiger partial charge >= 0.3 is 221 Å². The Labute approximate surface area is 219 Å². The number of rotatable bonds is 6. The molecule has 6 nitrogen and oxygen atoms in total. The molecular weight excluding hydrogens is 639 g/mol. The third-order valence-electron chi connectivity index (χ3n) is 4.87. The van der Waals surface area contributed by atoms with Gasteiger partial charge in [0, 0.05) is 0 Å². The topological polar surface area (TPSA) is 97.7 Å². The van der Waals surface area contributed by atoms with Crippen molar-refractivity contribution in [2.75, 3.05) is 0 Å². The summed E-state index contributed by atoms with van der Waals surface area (Å²) in [5, 5.41) is 0. The normalized spacial score (nSPS) is 13.6. The van der Waals surface area contributed by atoms with Gasteiger partial charge in [0.15, 0.2) is 0 Å². The SMILES string of the molecule is O=S(=O)(O)c1cccc2c1Sc1c(cccc1S(=O)(=O)OI(c1ccccc1)c1ccccc1)S2. The molecule has 0 unspecified atom stereocenters. The number of halogens is 1. The molecule has 0 saturated heterocycles. The van der Waals surface area contributed by atoms with Crippen LogP contribution >= 0.6 is 43.8 Å². The van der Waals surface area contributed by atoms with E-state index in [1.807, 2.05) is 60.7 Å². The maximum absolute atomic E-state index is 13.7. The molecule has 1 aliphatic rings. The van der Waals surface area contributed by atoms with Crippen molar-refractivity contribution in [3.05, 3.63) is 104 Å². The van der Waals surface area contributed by atoms with Crippen molar-refractivity contribution in [1.29, 1.82) is 0 Å². The summed E-state index contributed by atoms with van der Waals surface area (Å²) in [5.74, 6) is 0. The Balaban J connectivity index is 1.58. The first kappa shape index (κ1) is 24.8. The van der Waals surface area contributed by atoms with Gasteiger partial charge in [-0.2, -0.15) is 0 Å². The third kappa shape index (κ3) is 5.17. The number of fused-ring (bicyclic) bond motifs is 2. The van der Waals surface area contributed by atoms with Crippen molar-refractivity contribution in [3.8, 4) is 0 Å².